The van der Waals surface area contributed by atoms with E-state index in [0.29, 0.717) is 80.2 Å². The third kappa shape index (κ3) is 10.1. The molecule has 5 aromatic rings. The lowest BCUT2D eigenvalue weighted by Gasteiger charge is -2.57. The van der Waals surface area contributed by atoms with Crippen LogP contribution in [0.4, 0.5) is 28.4 Å². The number of nitro benzene ring substituents is 1. The number of H-pyrrole nitrogens is 1. The van der Waals surface area contributed by atoms with Gasteiger partial charge in [-0.05, 0) is 123 Å². The zero-order chi connectivity index (χ0) is 54.3. The first-order valence-corrected chi connectivity index (χ1v) is 30.2. The minimum absolute atomic E-state index is 0.00361. The molecule has 23 heteroatoms. The van der Waals surface area contributed by atoms with Crippen molar-refractivity contribution in [2.24, 2.45) is 11.3 Å². The molecule has 2 aliphatic carbocycles. The summed E-state index contributed by atoms with van der Waals surface area (Å²) < 4.78 is 72.5. The fourth-order valence-corrected chi connectivity index (χ4v) is 15.4. The van der Waals surface area contributed by atoms with Crippen LogP contribution in [0.15, 0.2) is 77.8 Å². The van der Waals surface area contributed by atoms with E-state index in [1.54, 1.807) is 19.2 Å². The lowest BCUT2D eigenvalue weighted by Crippen LogP contribution is -2.58. The predicted octanol–water partition coefficient (Wildman–Crippen LogP) is 8.45. The zero-order valence-electron chi connectivity index (χ0n) is 44.0. The summed E-state index contributed by atoms with van der Waals surface area (Å²) in [6.07, 6.45) is 7.76. The minimum atomic E-state index is -4.78. The molecule has 0 bridgehead atoms. The molecule has 1 spiro atoms. The number of anilines is 4. The highest BCUT2D eigenvalue weighted by Gasteiger charge is 2.50. The van der Waals surface area contributed by atoms with E-state index < -0.39 is 57.0 Å². The Morgan fingerprint density at radius 3 is 2.47 bits per heavy atom. The standard InChI is InChI=1S/C55H67N8O13PS/c1-33(2)39-6-4-5-7-40(39)47-31-73-23-21-61(47)37-28-55(29-37)16-19-60(20-17-55)36-8-9-41(44(25-36)62-43-13-22-72-32-49(43)75-53-46(62)24-35-12-18-56-51(35)58-53)52(64)59-78(70,71)38-26-45(63(65)66)50-48(27-38)74-30-42(57-50)34-10-14-54(3,15-11-34)76-77(67,68)69/h4-9,12,18,24-27,33-34,37,42-43,47,49,57H,10-11,13-17,19-23,28-32H2,1-3H3,(H,56,58)(H,59,64)(H2,67,68,69)/t34?,42-,43+,47+,49+,54?/m1/s1. The van der Waals surface area contributed by atoms with Gasteiger partial charge in [0.05, 0.1) is 64.6 Å². The second kappa shape index (κ2) is 20.4. The number of rotatable bonds is 12. The maximum atomic E-state index is 14.9. The SMILES string of the molecule is CC(C)c1ccccc1[C@@H]1COCCN1C1CC2(CCN(c3ccc(C(=O)NS(=O)(=O)c4cc5c(c([N+](=O)[O-])c4)N[C@@H](C4CCC(C)(OP(=O)(O)O)CC4)CO5)c(N4c5cc6cc[nH]c6nc5O[C@H]5COCC[C@@H]54)c3)CC2)C1. The van der Waals surface area contributed by atoms with E-state index in [2.05, 4.69) is 62.9 Å². The first-order chi connectivity index (χ1) is 37.3. The van der Waals surface area contributed by atoms with E-state index in [1.807, 2.05) is 29.2 Å². The molecule has 12 rings (SSSR count). The molecular formula is C55H67N8O13PS. The summed E-state index contributed by atoms with van der Waals surface area (Å²) in [7, 11) is -9.51. The second-order valence-electron chi connectivity index (χ2n) is 23.0. The molecule has 2 saturated carbocycles. The number of carbonyl (C=O) groups is 1. The number of piperidine rings is 1. The molecule has 4 atom stereocenters. The number of phosphoric acid groups is 1. The molecule has 2 aromatic heterocycles. The first-order valence-electron chi connectivity index (χ1n) is 27.2. The van der Waals surface area contributed by atoms with Crippen LogP contribution in [0.2, 0.25) is 0 Å². The number of aromatic nitrogens is 2. The summed E-state index contributed by atoms with van der Waals surface area (Å²) in [5.74, 6) is -0.351. The van der Waals surface area contributed by atoms with Gasteiger partial charge in [-0.25, -0.2) is 17.7 Å². The smallest absolute Gasteiger partial charge is 0.470 e. The van der Waals surface area contributed by atoms with Gasteiger partial charge in [0.2, 0.25) is 5.88 Å². The number of benzene rings is 3. The summed E-state index contributed by atoms with van der Waals surface area (Å²) in [6, 6.07) is 20.2. The minimum Gasteiger partial charge on any atom is -0.489 e. The Morgan fingerprint density at radius 1 is 0.949 bits per heavy atom. The average molecular weight is 1110 g/mol. The number of ether oxygens (including phenoxy) is 4. The number of pyridine rings is 1. The van der Waals surface area contributed by atoms with Crippen LogP contribution in [-0.2, 0) is 28.6 Å². The van der Waals surface area contributed by atoms with Crippen molar-refractivity contribution >= 4 is 63.2 Å². The van der Waals surface area contributed by atoms with Crippen molar-refractivity contribution in [2.75, 3.05) is 67.8 Å². The summed E-state index contributed by atoms with van der Waals surface area (Å²) in [4.78, 5) is 60.3. The van der Waals surface area contributed by atoms with Crippen molar-refractivity contribution in [1.82, 2.24) is 19.6 Å². The van der Waals surface area contributed by atoms with Crippen LogP contribution in [0.1, 0.15) is 112 Å². The molecular weight excluding hydrogens is 1040 g/mol. The van der Waals surface area contributed by atoms with E-state index in [-0.39, 0.29) is 53.6 Å². The number of morpholine rings is 1. The number of carbonyl (C=O) groups excluding carboxylic acids is 1. The normalized spacial score (nSPS) is 26.5. The topological polar surface area (TPSA) is 260 Å². The molecule has 0 unspecified atom stereocenters. The molecule has 0 radical (unpaired) electrons. The summed E-state index contributed by atoms with van der Waals surface area (Å²) in [5, 5.41) is 16.7. The number of hydrogen-bond acceptors (Lipinski definition) is 16. The molecule has 7 aliphatic rings. The number of fused-ring (bicyclic) bond motifs is 4. The van der Waals surface area contributed by atoms with Crippen LogP contribution in [-0.4, -0.2) is 126 Å². The Hall–Kier alpha value is -5.84. The summed E-state index contributed by atoms with van der Waals surface area (Å²) in [6.45, 7) is 10.8. The van der Waals surface area contributed by atoms with E-state index in [0.717, 1.165) is 69.1 Å². The van der Waals surface area contributed by atoms with Crippen molar-refractivity contribution in [2.45, 2.75) is 125 Å². The Labute approximate surface area is 452 Å². The maximum absolute atomic E-state index is 14.9. The lowest BCUT2D eigenvalue weighted by molar-refractivity contribution is -0.384. The third-order valence-electron chi connectivity index (χ3n) is 17.8. The highest BCUT2D eigenvalue weighted by molar-refractivity contribution is 7.90. The summed E-state index contributed by atoms with van der Waals surface area (Å²) in [5.41, 5.74) is 3.98. The van der Waals surface area contributed by atoms with E-state index >= 15 is 0 Å². The van der Waals surface area contributed by atoms with Crippen LogP contribution in [0.3, 0.4) is 0 Å². The van der Waals surface area contributed by atoms with E-state index in [4.69, 9.17) is 28.5 Å². The molecule has 3 saturated heterocycles. The monoisotopic (exact) mass is 1110 g/mol. The zero-order valence-corrected chi connectivity index (χ0v) is 45.7. The Balaban J connectivity index is 0.814. The summed E-state index contributed by atoms with van der Waals surface area (Å²) >= 11 is 0. The highest BCUT2D eigenvalue weighted by atomic mass is 32.2. The van der Waals surface area contributed by atoms with Crippen molar-refractivity contribution in [1.29, 1.82) is 0 Å². The fraction of sp³-hybridized carbons (Fsp3) is 0.527. The number of nitrogens with one attached hydrogen (secondary N) is 3. The average Bonchev–Trinajstić information content (AvgIpc) is 4.04. The molecule has 5 fully saturated rings. The number of nitrogens with zero attached hydrogens (tertiary/aromatic N) is 5. The van der Waals surface area contributed by atoms with Gasteiger partial charge >= 0.3 is 7.82 Å². The van der Waals surface area contributed by atoms with Crippen molar-refractivity contribution in [3.05, 3.63) is 99.7 Å². The van der Waals surface area contributed by atoms with Gasteiger partial charge in [0, 0.05) is 61.7 Å². The van der Waals surface area contributed by atoms with Gasteiger partial charge < -0.3 is 48.8 Å². The number of aromatic amines is 1. The maximum Gasteiger partial charge on any atom is 0.470 e. The quantitative estimate of drug-likeness (QED) is 0.0446. The van der Waals surface area contributed by atoms with E-state index in [9.17, 15) is 37.7 Å². The second-order valence-corrected chi connectivity index (χ2v) is 25.8. The fourth-order valence-electron chi connectivity index (χ4n) is 13.6. The van der Waals surface area contributed by atoms with Crippen molar-refractivity contribution in [3.8, 4) is 11.6 Å². The number of phosphoric ester groups is 1. The van der Waals surface area contributed by atoms with Crippen molar-refractivity contribution in [3.63, 3.8) is 0 Å². The largest absolute Gasteiger partial charge is 0.489 e. The third-order valence-corrected chi connectivity index (χ3v) is 19.8. The molecule has 5 aliphatic heterocycles. The van der Waals surface area contributed by atoms with Crippen molar-refractivity contribution < 1.29 is 56.0 Å². The number of sulfonamides is 1. The predicted molar refractivity (Wildman–Crippen MR) is 290 cm³/mol. The number of amides is 1. The molecule has 416 valence electrons. The Bertz CT molecular complexity index is 3290. The molecule has 3 aromatic carbocycles. The number of nitro groups is 1. The van der Waals surface area contributed by atoms with Gasteiger partial charge in [-0.3, -0.25) is 24.3 Å². The van der Waals surface area contributed by atoms with Crippen LogP contribution >= 0.6 is 7.82 Å². The van der Waals surface area contributed by atoms with Crippen LogP contribution < -0.4 is 29.3 Å². The van der Waals surface area contributed by atoms with Gasteiger partial charge in [0.25, 0.3) is 21.6 Å². The lowest BCUT2D eigenvalue weighted by atomic mass is 9.59. The van der Waals surface area contributed by atoms with E-state index in [1.165, 1.54) is 17.2 Å². The van der Waals surface area contributed by atoms with Crippen LogP contribution in [0.5, 0.6) is 11.6 Å². The molecule has 21 nitrogen and oxygen atoms in total. The van der Waals surface area contributed by atoms with Gasteiger partial charge in [0.15, 0.2) is 11.4 Å². The Kier molecular flexibility index (Phi) is 13.8. The van der Waals surface area contributed by atoms with Gasteiger partial charge in [0.1, 0.15) is 24.0 Å². The molecule has 78 heavy (non-hydrogen) atoms. The Morgan fingerprint density at radius 2 is 1.72 bits per heavy atom. The van der Waals surface area contributed by atoms with Gasteiger partial charge in [-0.1, -0.05) is 38.1 Å². The molecule has 5 N–H and O–H groups in total. The van der Waals surface area contributed by atoms with Crippen LogP contribution in [0, 0.1) is 21.4 Å². The van der Waals surface area contributed by atoms with Crippen LogP contribution in [0.25, 0.3) is 11.0 Å². The molecule has 1 amide bonds. The van der Waals surface area contributed by atoms with Gasteiger partial charge in [-0.15, -0.1) is 0 Å². The molecule has 7 heterocycles. The highest BCUT2D eigenvalue weighted by Crippen LogP contribution is 2.54. The first kappa shape index (κ1) is 52.8. The number of hydrogen-bond donors (Lipinski definition) is 5. The van der Waals surface area contributed by atoms with Gasteiger partial charge in [-0.2, -0.15) is 4.98 Å².